The third-order valence-corrected chi connectivity index (χ3v) is 3.15. The second kappa shape index (κ2) is 6.57. The number of hydrogen-bond acceptors (Lipinski definition) is 2. The molecule has 0 atom stereocenters. The smallest absolute Gasteiger partial charge is 0.355 e. The Bertz CT molecular complexity index is 614. The zero-order valence-corrected chi connectivity index (χ0v) is 12.6. The molecule has 112 valence electrons. The predicted octanol–water partition coefficient (Wildman–Crippen LogP) is 4.13. The van der Waals surface area contributed by atoms with Crippen LogP contribution in [0.2, 0.25) is 0 Å². The minimum atomic E-state index is -0.345. The zero-order valence-electron chi connectivity index (χ0n) is 12.6. The molecule has 0 aliphatic carbocycles. The number of nitrogens with zero attached hydrogens (tertiary/aromatic N) is 1. The molecule has 0 saturated carbocycles. The number of aromatic nitrogens is 1. The van der Waals surface area contributed by atoms with Crippen LogP contribution in [-0.4, -0.2) is 17.1 Å². The number of rotatable bonds is 5. The first-order valence-corrected chi connectivity index (χ1v) is 7.15. The van der Waals surface area contributed by atoms with Gasteiger partial charge in [0.1, 0.15) is 11.5 Å². The molecule has 0 radical (unpaired) electrons. The molecule has 0 amide bonds. The third-order valence-electron chi connectivity index (χ3n) is 3.15. The molecular weight excluding hydrogens is 269 g/mol. The highest BCUT2D eigenvalue weighted by Gasteiger charge is 2.20. The molecule has 0 N–H and O–H groups in total. The Labute approximate surface area is 124 Å². The van der Waals surface area contributed by atoms with E-state index in [0.29, 0.717) is 18.2 Å². The van der Waals surface area contributed by atoms with Gasteiger partial charge >= 0.3 is 5.97 Å². The van der Waals surface area contributed by atoms with Crippen molar-refractivity contribution in [2.75, 3.05) is 6.61 Å². The van der Waals surface area contributed by atoms with Gasteiger partial charge in [0.05, 0.1) is 6.61 Å². The van der Waals surface area contributed by atoms with Gasteiger partial charge in [0.15, 0.2) is 0 Å². The van der Waals surface area contributed by atoms with Gasteiger partial charge in [-0.15, -0.1) is 0 Å². The summed E-state index contributed by atoms with van der Waals surface area (Å²) in [5.74, 6) is -0.229. The first-order chi connectivity index (χ1) is 10.0. The summed E-state index contributed by atoms with van der Waals surface area (Å²) in [7, 11) is 0. The van der Waals surface area contributed by atoms with Gasteiger partial charge in [0.25, 0.3) is 0 Å². The molecule has 3 nitrogen and oxygen atoms in total. The number of esters is 1. The van der Waals surface area contributed by atoms with Crippen molar-refractivity contribution in [3.05, 3.63) is 48.0 Å². The van der Waals surface area contributed by atoms with Crippen molar-refractivity contribution in [3.8, 4) is 11.1 Å². The largest absolute Gasteiger partial charge is 0.461 e. The molecular formula is C17H20FNO2. The average molecular weight is 289 g/mol. The summed E-state index contributed by atoms with van der Waals surface area (Å²) < 4.78 is 20.1. The van der Waals surface area contributed by atoms with Crippen molar-refractivity contribution >= 4 is 5.97 Å². The standard InChI is InChI=1S/C17H20FNO2/c1-4-21-17(20)16-15(9-10-19(16)11-12(2)3)13-5-7-14(18)8-6-13/h5-10,12H,4,11H2,1-3H3. The summed E-state index contributed by atoms with van der Waals surface area (Å²) in [5, 5.41) is 0. The van der Waals surface area contributed by atoms with E-state index in [9.17, 15) is 9.18 Å². The van der Waals surface area contributed by atoms with Gasteiger partial charge in [-0.1, -0.05) is 26.0 Å². The van der Waals surface area contributed by atoms with Crippen LogP contribution in [0.1, 0.15) is 31.3 Å². The molecule has 21 heavy (non-hydrogen) atoms. The van der Waals surface area contributed by atoms with Crippen LogP contribution in [0.5, 0.6) is 0 Å². The molecule has 0 fully saturated rings. The van der Waals surface area contributed by atoms with Crippen LogP contribution >= 0.6 is 0 Å². The summed E-state index contributed by atoms with van der Waals surface area (Å²) in [6.45, 7) is 7.02. The lowest BCUT2D eigenvalue weighted by atomic mass is 10.1. The van der Waals surface area contributed by atoms with Crippen LogP contribution in [-0.2, 0) is 11.3 Å². The summed E-state index contributed by atoms with van der Waals surface area (Å²) >= 11 is 0. The number of carbonyl (C=O) groups is 1. The molecule has 0 aliphatic rings. The summed E-state index contributed by atoms with van der Waals surface area (Å²) in [6, 6.07) is 8.01. The molecule has 1 heterocycles. The van der Waals surface area contributed by atoms with Crippen molar-refractivity contribution in [3.63, 3.8) is 0 Å². The molecule has 4 heteroatoms. The first kappa shape index (κ1) is 15.3. The Morgan fingerprint density at radius 2 is 1.90 bits per heavy atom. The number of halogens is 1. The second-order valence-corrected chi connectivity index (χ2v) is 5.35. The fourth-order valence-electron chi connectivity index (χ4n) is 2.31. The van der Waals surface area contributed by atoms with Gasteiger partial charge in [0, 0.05) is 18.3 Å². The van der Waals surface area contributed by atoms with Crippen LogP contribution in [0.25, 0.3) is 11.1 Å². The lowest BCUT2D eigenvalue weighted by Crippen LogP contribution is -2.15. The van der Waals surface area contributed by atoms with E-state index in [1.54, 1.807) is 19.1 Å². The highest BCUT2D eigenvalue weighted by molar-refractivity contribution is 5.96. The van der Waals surface area contributed by atoms with E-state index in [2.05, 4.69) is 13.8 Å². The maximum atomic E-state index is 13.1. The van der Waals surface area contributed by atoms with Crippen LogP contribution in [0, 0.1) is 11.7 Å². The SMILES string of the molecule is CCOC(=O)c1c(-c2ccc(F)cc2)ccn1CC(C)C. The second-order valence-electron chi connectivity index (χ2n) is 5.35. The maximum absolute atomic E-state index is 13.1. The minimum Gasteiger partial charge on any atom is -0.461 e. The van der Waals surface area contributed by atoms with Gasteiger partial charge in [-0.2, -0.15) is 0 Å². The van der Waals surface area contributed by atoms with Gasteiger partial charge in [-0.3, -0.25) is 0 Å². The molecule has 1 aromatic heterocycles. The Morgan fingerprint density at radius 1 is 1.24 bits per heavy atom. The fourth-order valence-corrected chi connectivity index (χ4v) is 2.31. The normalized spacial score (nSPS) is 10.9. The highest BCUT2D eigenvalue weighted by Crippen LogP contribution is 2.26. The lowest BCUT2D eigenvalue weighted by molar-refractivity contribution is 0.0514. The molecule has 0 saturated heterocycles. The summed E-state index contributed by atoms with van der Waals surface area (Å²) in [4.78, 5) is 12.3. The van der Waals surface area contributed by atoms with Crippen molar-refractivity contribution in [1.82, 2.24) is 4.57 Å². The number of hydrogen-bond donors (Lipinski definition) is 0. The lowest BCUT2D eigenvalue weighted by Gasteiger charge is -2.12. The van der Waals surface area contributed by atoms with Crippen molar-refractivity contribution in [1.29, 1.82) is 0 Å². The third kappa shape index (κ3) is 3.51. The van der Waals surface area contributed by atoms with E-state index in [-0.39, 0.29) is 11.8 Å². The van der Waals surface area contributed by atoms with E-state index in [1.165, 1.54) is 12.1 Å². The van der Waals surface area contributed by atoms with E-state index in [0.717, 1.165) is 17.7 Å². The molecule has 0 spiro atoms. The summed E-state index contributed by atoms with van der Waals surface area (Å²) in [5.41, 5.74) is 2.10. The topological polar surface area (TPSA) is 31.2 Å². The quantitative estimate of drug-likeness (QED) is 0.775. The van der Waals surface area contributed by atoms with Crippen LogP contribution in [0.15, 0.2) is 36.5 Å². The molecule has 1 aromatic carbocycles. The molecule has 2 rings (SSSR count). The molecule has 0 bridgehead atoms. The number of ether oxygens (including phenoxy) is 1. The summed E-state index contributed by atoms with van der Waals surface area (Å²) in [6.07, 6.45) is 1.88. The van der Waals surface area contributed by atoms with E-state index < -0.39 is 0 Å². The van der Waals surface area contributed by atoms with Crippen molar-refractivity contribution in [2.45, 2.75) is 27.3 Å². The van der Waals surface area contributed by atoms with Crippen molar-refractivity contribution in [2.24, 2.45) is 5.92 Å². The van der Waals surface area contributed by atoms with Crippen LogP contribution in [0.4, 0.5) is 4.39 Å². The number of benzene rings is 1. The first-order valence-electron chi connectivity index (χ1n) is 7.15. The average Bonchev–Trinajstić information content (AvgIpc) is 2.82. The molecule has 2 aromatic rings. The minimum absolute atomic E-state index is 0.293. The van der Waals surface area contributed by atoms with Gasteiger partial charge in [-0.25, -0.2) is 9.18 Å². The van der Waals surface area contributed by atoms with Crippen molar-refractivity contribution < 1.29 is 13.9 Å². The fraction of sp³-hybridized carbons (Fsp3) is 0.353. The Kier molecular flexibility index (Phi) is 4.78. The van der Waals surface area contributed by atoms with E-state index in [1.807, 2.05) is 16.8 Å². The van der Waals surface area contributed by atoms with Gasteiger partial charge in [0.2, 0.25) is 0 Å². The molecule has 0 aliphatic heterocycles. The Hall–Kier alpha value is -2.10. The monoisotopic (exact) mass is 289 g/mol. The Balaban J connectivity index is 2.47. The van der Waals surface area contributed by atoms with Gasteiger partial charge < -0.3 is 9.30 Å². The van der Waals surface area contributed by atoms with E-state index >= 15 is 0 Å². The zero-order chi connectivity index (χ0) is 15.4. The van der Waals surface area contributed by atoms with Gasteiger partial charge in [-0.05, 0) is 36.6 Å². The maximum Gasteiger partial charge on any atom is 0.355 e. The van der Waals surface area contributed by atoms with Crippen LogP contribution in [0.3, 0.4) is 0 Å². The Morgan fingerprint density at radius 3 is 2.48 bits per heavy atom. The van der Waals surface area contributed by atoms with E-state index in [4.69, 9.17) is 4.74 Å². The predicted molar refractivity (Wildman–Crippen MR) is 80.6 cm³/mol. The number of carbonyl (C=O) groups excluding carboxylic acids is 1. The van der Waals surface area contributed by atoms with Crippen LogP contribution < -0.4 is 0 Å². The molecule has 0 unspecified atom stereocenters. The highest BCUT2D eigenvalue weighted by atomic mass is 19.1.